The number of nitrogens with one attached hydrogen (secondary N) is 1. The minimum atomic E-state index is -2.75. The Morgan fingerprint density at radius 1 is 1.75 bits per heavy atom. The van der Waals surface area contributed by atoms with Gasteiger partial charge in [-0.05, 0) is 0 Å². The van der Waals surface area contributed by atoms with Gasteiger partial charge in [0, 0.05) is 38.0 Å². The van der Waals surface area contributed by atoms with Crippen molar-refractivity contribution in [2.45, 2.75) is 6.92 Å². The van der Waals surface area contributed by atoms with E-state index in [-0.39, 0.29) is 31.1 Å². The van der Waals surface area contributed by atoms with Gasteiger partial charge in [-0.1, -0.05) is 5.31 Å². The van der Waals surface area contributed by atoms with Crippen molar-refractivity contribution in [3.05, 3.63) is 0 Å². The summed E-state index contributed by atoms with van der Waals surface area (Å²) in [6.45, 7) is 1.06. The number of halogens is 1. The molecule has 0 aromatic carbocycles. The molecule has 0 rings (SSSR count). The van der Waals surface area contributed by atoms with E-state index in [1.54, 1.807) is 0 Å². The summed E-state index contributed by atoms with van der Waals surface area (Å²) in [7, 11) is -2.75. The molecule has 0 heterocycles. The van der Waals surface area contributed by atoms with Crippen molar-refractivity contribution in [2.24, 2.45) is 0 Å². The Labute approximate surface area is 70.6 Å². The second-order valence-electron chi connectivity index (χ2n) is 0.980. The first-order chi connectivity index (χ1) is 3.18. The Bertz CT molecular complexity index is 108. The molecule has 0 amide bonds. The van der Waals surface area contributed by atoms with Crippen LogP contribution in [-0.4, -0.2) is 5.52 Å². The molecule has 0 aliphatic heterocycles. The summed E-state index contributed by atoms with van der Waals surface area (Å²) in [5, 5.41) is 0.861. The van der Waals surface area contributed by atoms with E-state index < -0.39 is 13.5 Å². The molecule has 0 radical (unpaired) electrons. The predicted molar refractivity (Wildman–Crippen MR) is 23.9 cm³/mol. The van der Waals surface area contributed by atoms with Crippen molar-refractivity contribution in [1.29, 1.82) is 0 Å². The first-order valence-corrected chi connectivity index (χ1v) is 3.01. The van der Waals surface area contributed by atoms with Gasteiger partial charge in [-0.3, -0.25) is 9.36 Å². The SMILES string of the molecule is CC(=O)[PH](=O)NF.[U]. The van der Waals surface area contributed by atoms with Gasteiger partial charge in [-0.25, -0.2) is 0 Å². The predicted octanol–water partition coefficient (Wildman–Crippen LogP) is 0.482. The monoisotopic (exact) mass is 363 g/mol. The Morgan fingerprint density at radius 3 is 2.12 bits per heavy atom. The smallest absolute Gasteiger partial charge is 0.225 e. The molecule has 6 heteroatoms. The molecule has 0 saturated carbocycles. The van der Waals surface area contributed by atoms with Crippen LogP contribution in [0.5, 0.6) is 0 Å². The van der Waals surface area contributed by atoms with Gasteiger partial charge >= 0.3 is 0 Å². The molecule has 0 aromatic heterocycles. The van der Waals surface area contributed by atoms with Crippen molar-refractivity contribution in [2.75, 3.05) is 0 Å². The zero-order valence-corrected chi connectivity index (χ0v) is 9.36. The zero-order valence-electron chi connectivity index (χ0n) is 4.19. The van der Waals surface area contributed by atoms with Gasteiger partial charge in [0.05, 0.1) is 0 Å². The van der Waals surface area contributed by atoms with Crippen molar-refractivity contribution < 1.29 is 45.0 Å². The van der Waals surface area contributed by atoms with Gasteiger partial charge in [0.1, 0.15) is 0 Å². The van der Waals surface area contributed by atoms with Crippen LogP contribution in [0.1, 0.15) is 6.92 Å². The fraction of sp³-hybridized carbons (Fsp3) is 0.500. The molecular formula is C2H5FNO2PU. The molecule has 0 aliphatic rings. The fourth-order valence-electron chi connectivity index (χ4n) is 0.0665. The molecule has 46 valence electrons. The van der Waals surface area contributed by atoms with E-state index in [9.17, 15) is 13.8 Å². The molecule has 0 spiro atoms. The minimum Gasteiger partial charge on any atom is -0.300 e. The van der Waals surface area contributed by atoms with E-state index in [2.05, 4.69) is 0 Å². The van der Waals surface area contributed by atoms with E-state index >= 15 is 0 Å². The van der Waals surface area contributed by atoms with Crippen molar-refractivity contribution >= 4 is 13.5 Å². The normalized spacial score (nSPS) is 11.8. The number of carbonyl (C=O) groups excluding carboxylic acids is 1. The van der Waals surface area contributed by atoms with E-state index in [0.717, 1.165) is 12.2 Å². The average Bonchev–Trinajstić information content (AvgIpc) is 1.65. The van der Waals surface area contributed by atoms with Crippen LogP contribution in [-0.2, 0) is 9.36 Å². The van der Waals surface area contributed by atoms with Crippen LogP contribution in [0.15, 0.2) is 0 Å². The van der Waals surface area contributed by atoms with Crippen LogP contribution in [0.2, 0.25) is 0 Å². The van der Waals surface area contributed by atoms with Crippen molar-refractivity contribution in [1.82, 2.24) is 5.31 Å². The molecule has 0 aliphatic carbocycles. The maximum Gasteiger partial charge on any atom is 0.225 e. The Balaban J connectivity index is 0. The Morgan fingerprint density at radius 2 is 2.12 bits per heavy atom. The number of rotatable bonds is 2. The Hall–Kier alpha value is 0.842. The molecule has 0 bridgehead atoms. The number of hydrogen-bond donors (Lipinski definition) is 1. The summed E-state index contributed by atoms with van der Waals surface area (Å²) in [5.74, 6) is 0. The van der Waals surface area contributed by atoms with E-state index in [1.807, 2.05) is 0 Å². The molecular weight excluding hydrogens is 358 g/mol. The topological polar surface area (TPSA) is 46.2 Å². The van der Waals surface area contributed by atoms with Gasteiger partial charge in [-0.2, -0.15) is 0 Å². The van der Waals surface area contributed by atoms with Gasteiger partial charge in [-0.15, -0.1) is 4.48 Å². The maximum atomic E-state index is 10.9. The van der Waals surface area contributed by atoms with E-state index in [0.29, 0.717) is 0 Å². The summed E-state index contributed by atoms with van der Waals surface area (Å²) in [4.78, 5) is 9.81. The minimum absolute atomic E-state index is 0. The third-order valence-electron chi connectivity index (χ3n) is 0.406. The summed E-state index contributed by atoms with van der Waals surface area (Å²) >= 11 is 0. The van der Waals surface area contributed by atoms with Gasteiger partial charge in [0.15, 0.2) is 0 Å². The second kappa shape index (κ2) is 5.97. The largest absolute Gasteiger partial charge is 0.300 e. The molecule has 0 fully saturated rings. The third-order valence-corrected chi connectivity index (χ3v) is 1.22. The molecule has 0 aromatic rings. The number of hydrogen-bond acceptors (Lipinski definition) is 2. The van der Waals surface area contributed by atoms with Crippen molar-refractivity contribution in [3.63, 3.8) is 0 Å². The first kappa shape index (κ1) is 11.6. The molecule has 0 saturated heterocycles. The molecule has 3 nitrogen and oxygen atoms in total. The summed E-state index contributed by atoms with van der Waals surface area (Å²) in [6.07, 6.45) is 0. The molecule has 1 atom stereocenters. The first-order valence-electron chi connectivity index (χ1n) is 1.60. The second-order valence-corrected chi connectivity index (χ2v) is 2.53. The van der Waals surface area contributed by atoms with Crippen LogP contribution < -0.4 is 5.31 Å². The van der Waals surface area contributed by atoms with Gasteiger partial charge < -0.3 is 0 Å². The van der Waals surface area contributed by atoms with Crippen LogP contribution in [0.3, 0.4) is 0 Å². The van der Waals surface area contributed by atoms with Crippen LogP contribution in [0.4, 0.5) is 4.48 Å². The van der Waals surface area contributed by atoms with E-state index in [4.69, 9.17) is 0 Å². The summed E-state index contributed by atoms with van der Waals surface area (Å²) in [5.41, 5.74) is -0.646. The van der Waals surface area contributed by atoms with Gasteiger partial charge in [0.2, 0.25) is 13.5 Å². The Kier molecular flexibility index (Phi) is 8.67. The number of carbonyl (C=O) groups is 1. The third kappa shape index (κ3) is 4.99. The molecule has 8 heavy (non-hydrogen) atoms. The average molecular weight is 363 g/mol. The van der Waals surface area contributed by atoms with Gasteiger partial charge in [0.25, 0.3) is 0 Å². The van der Waals surface area contributed by atoms with Crippen LogP contribution >= 0.6 is 7.95 Å². The quantitative estimate of drug-likeness (QED) is 0.574. The standard InChI is InChI=1S/C2H5FNO2P.U/c1-2(5)7(6)4-3;/h7H,1H3,(H,4,6);. The molecule has 1 unspecified atom stereocenters. The van der Waals surface area contributed by atoms with Crippen LogP contribution in [0, 0.1) is 31.1 Å². The van der Waals surface area contributed by atoms with Crippen LogP contribution in [0.25, 0.3) is 0 Å². The summed E-state index contributed by atoms with van der Waals surface area (Å²) in [6, 6.07) is 0. The van der Waals surface area contributed by atoms with Crippen molar-refractivity contribution in [3.8, 4) is 0 Å². The fourth-order valence-corrected chi connectivity index (χ4v) is 0.200. The zero-order chi connectivity index (χ0) is 5.86. The molecule has 1 N–H and O–H groups in total. The van der Waals surface area contributed by atoms with E-state index in [1.165, 1.54) is 0 Å². The maximum absolute atomic E-state index is 10.9. The summed E-state index contributed by atoms with van der Waals surface area (Å²) < 4.78 is 20.8.